The molecule has 2 heterocycles. The minimum Gasteiger partial charge on any atom is -0.497 e. The highest BCUT2D eigenvalue weighted by Crippen LogP contribution is 2.38. The average molecular weight is 415 g/mol. The maximum absolute atomic E-state index is 12.7. The molecule has 0 radical (unpaired) electrons. The summed E-state index contributed by atoms with van der Waals surface area (Å²) in [6.45, 7) is 4.13. The number of Topliss-reactive ketones (excluding diaryl/α,β-unsaturated/α-hetero) is 1. The van der Waals surface area contributed by atoms with Gasteiger partial charge in [0.1, 0.15) is 5.75 Å². The van der Waals surface area contributed by atoms with Crippen LogP contribution in [0.1, 0.15) is 40.6 Å². The Morgan fingerprint density at radius 2 is 2.04 bits per heavy atom. The minimum absolute atomic E-state index is 0.143. The molecule has 28 heavy (non-hydrogen) atoms. The second-order valence-electron chi connectivity index (χ2n) is 6.82. The highest BCUT2D eigenvalue weighted by atomic mass is 32.2. The summed E-state index contributed by atoms with van der Waals surface area (Å²) < 4.78 is 8.24. The van der Waals surface area contributed by atoms with Gasteiger partial charge in [-0.1, -0.05) is 23.1 Å². The number of ketones is 1. The normalized spacial score (nSPS) is 13.5. The molecule has 1 aliphatic carbocycles. The third kappa shape index (κ3) is 4.07. The first-order valence-corrected chi connectivity index (χ1v) is 10.9. The molecule has 1 saturated carbocycles. The maximum Gasteiger partial charge on any atom is 0.210 e. The van der Waals surface area contributed by atoms with Crippen LogP contribution in [0.3, 0.4) is 0 Å². The molecule has 1 fully saturated rings. The summed E-state index contributed by atoms with van der Waals surface area (Å²) in [4.78, 5) is 12.7. The van der Waals surface area contributed by atoms with E-state index in [0.717, 1.165) is 27.0 Å². The van der Waals surface area contributed by atoms with E-state index in [-0.39, 0.29) is 5.78 Å². The van der Waals surface area contributed by atoms with Gasteiger partial charge in [-0.15, -0.1) is 10.2 Å². The highest BCUT2D eigenvalue weighted by Gasteiger charge is 2.28. The molecule has 3 aromatic rings. The van der Waals surface area contributed by atoms with Crippen LogP contribution in [0.4, 0.5) is 10.8 Å². The summed E-state index contributed by atoms with van der Waals surface area (Å²) in [5, 5.41) is 12.3. The summed E-state index contributed by atoms with van der Waals surface area (Å²) in [7, 11) is 1.64. The molecule has 6 nitrogen and oxygen atoms in total. The van der Waals surface area contributed by atoms with E-state index in [4.69, 9.17) is 4.74 Å². The Morgan fingerprint density at radius 3 is 2.71 bits per heavy atom. The fraction of sp³-hybridized carbons (Fsp3) is 0.350. The van der Waals surface area contributed by atoms with Crippen molar-refractivity contribution in [1.29, 1.82) is 0 Å². The maximum atomic E-state index is 12.7. The van der Waals surface area contributed by atoms with Crippen molar-refractivity contribution in [2.24, 2.45) is 0 Å². The first-order chi connectivity index (χ1) is 13.5. The molecule has 0 saturated heterocycles. The second kappa shape index (κ2) is 7.97. The van der Waals surface area contributed by atoms with Crippen molar-refractivity contribution < 1.29 is 9.53 Å². The fourth-order valence-electron chi connectivity index (χ4n) is 3.28. The van der Waals surface area contributed by atoms with E-state index >= 15 is 0 Å². The van der Waals surface area contributed by atoms with Gasteiger partial charge in [0.05, 0.1) is 12.9 Å². The topological polar surface area (TPSA) is 69.0 Å². The third-order valence-electron chi connectivity index (χ3n) is 4.77. The predicted molar refractivity (Wildman–Crippen MR) is 113 cm³/mol. The Balaban J connectivity index is 1.36. The van der Waals surface area contributed by atoms with Crippen molar-refractivity contribution in [3.63, 3.8) is 0 Å². The Kier molecular flexibility index (Phi) is 5.41. The van der Waals surface area contributed by atoms with Crippen molar-refractivity contribution in [3.05, 3.63) is 47.3 Å². The lowest BCUT2D eigenvalue weighted by atomic mass is 10.2. The number of anilines is 2. The molecular weight excluding hydrogens is 392 g/mol. The van der Waals surface area contributed by atoms with E-state index in [1.54, 1.807) is 7.11 Å². The van der Waals surface area contributed by atoms with E-state index in [2.05, 4.69) is 27.0 Å². The van der Waals surface area contributed by atoms with Crippen LogP contribution in [0.5, 0.6) is 5.75 Å². The molecule has 0 bridgehead atoms. The lowest BCUT2D eigenvalue weighted by molar-refractivity contribution is 0.102. The van der Waals surface area contributed by atoms with Crippen LogP contribution in [0.15, 0.2) is 34.7 Å². The number of hydrogen-bond donors (Lipinski definition) is 1. The SMILES string of the molecule is COc1ccc(Nc2nnc(SCC(=O)c3cc(C)n(C4CC4)c3C)s2)cc1. The van der Waals surface area contributed by atoms with Crippen molar-refractivity contribution in [2.45, 2.75) is 37.1 Å². The standard InChI is InChI=1S/C20H22N4O2S2/c1-12-10-17(13(2)24(12)15-6-7-15)18(25)11-27-20-23-22-19(28-20)21-14-4-8-16(26-3)9-5-14/h4-5,8-10,15H,6-7,11H2,1-3H3,(H,21,22). The van der Waals surface area contributed by atoms with Crippen molar-refractivity contribution in [3.8, 4) is 5.75 Å². The zero-order chi connectivity index (χ0) is 19.7. The van der Waals surface area contributed by atoms with Gasteiger partial charge in [0.15, 0.2) is 10.1 Å². The summed E-state index contributed by atoms with van der Waals surface area (Å²) in [5.74, 6) is 1.31. The molecule has 0 unspecified atom stereocenters. The van der Waals surface area contributed by atoms with Crippen molar-refractivity contribution >= 4 is 39.7 Å². The number of carbonyl (C=O) groups excluding carboxylic acids is 1. The third-order valence-corrected chi connectivity index (χ3v) is 6.74. The van der Waals surface area contributed by atoms with Crippen LogP contribution in [0.25, 0.3) is 0 Å². The number of benzene rings is 1. The Morgan fingerprint density at radius 1 is 1.29 bits per heavy atom. The molecule has 1 aromatic carbocycles. The zero-order valence-corrected chi connectivity index (χ0v) is 17.7. The van der Waals surface area contributed by atoms with Crippen LogP contribution in [-0.2, 0) is 0 Å². The molecule has 2 aromatic heterocycles. The molecule has 8 heteroatoms. The molecular formula is C20H22N4O2S2. The van der Waals surface area contributed by atoms with E-state index < -0.39 is 0 Å². The predicted octanol–water partition coefficient (Wildman–Crippen LogP) is 5.02. The van der Waals surface area contributed by atoms with Gasteiger partial charge in [0, 0.05) is 28.7 Å². The van der Waals surface area contributed by atoms with Gasteiger partial charge in [-0.25, -0.2) is 0 Å². The van der Waals surface area contributed by atoms with E-state index in [0.29, 0.717) is 16.9 Å². The molecule has 1 N–H and O–H groups in total. The molecule has 1 aliphatic rings. The monoisotopic (exact) mass is 414 g/mol. The summed E-state index contributed by atoms with van der Waals surface area (Å²) >= 11 is 2.88. The van der Waals surface area contributed by atoms with Crippen LogP contribution in [0.2, 0.25) is 0 Å². The van der Waals surface area contributed by atoms with Gasteiger partial charge in [-0.2, -0.15) is 0 Å². The van der Waals surface area contributed by atoms with Crippen LogP contribution < -0.4 is 10.1 Å². The van der Waals surface area contributed by atoms with Crippen molar-refractivity contribution in [2.75, 3.05) is 18.2 Å². The first kappa shape index (κ1) is 19.0. The number of thioether (sulfide) groups is 1. The summed E-state index contributed by atoms with van der Waals surface area (Å²) in [6.07, 6.45) is 2.43. The van der Waals surface area contributed by atoms with E-state index in [9.17, 15) is 4.79 Å². The Hall–Kier alpha value is -2.32. The first-order valence-electron chi connectivity index (χ1n) is 9.14. The number of aromatic nitrogens is 3. The Bertz CT molecular complexity index is 990. The zero-order valence-electron chi connectivity index (χ0n) is 16.1. The Labute approximate surface area is 172 Å². The minimum atomic E-state index is 0.143. The van der Waals surface area contributed by atoms with Gasteiger partial charge < -0.3 is 14.6 Å². The van der Waals surface area contributed by atoms with Crippen LogP contribution in [-0.4, -0.2) is 33.4 Å². The number of hydrogen-bond acceptors (Lipinski definition) is 7. The van der Waals surface area contributed by atoms with Gasteiger partial charge in [-0.3, -0.25) is 4.79 Å². The number of carbonyl (C=O) groups is 1. The van der Waals surface area contributed by atoms with Gasteiger partial charge >= 0.3 is 0 Å². The highest BCUT2D eigenvalue weighted by molar-refractivity contribution is 8.01. The molecule has 4 rings (SSSR count). The average Bonchev–Trinajstić information content (AvgIpc) is 3.35. The van der Waals surface area contributed by atoms with Crippen LogP contribution >= 0.6 is 23.1 Å². The smallest absolute Gasteiger partial charge is 0.210 e. The van der Waals surface area contributed by atoms with Crippen LogP contribution in [0, 0.1) is 13.8 Å². The quantitative estimate of drug-likeness (QED) is 0.412. The van der Waals surface area contributed by atoms with Gasteiger partial charge in [-0.05, 0) is 57.0 Å². The molecule has 0 atom stereocenters. The number of ether oxygens (including phenoxy) is 1. The summed E-state index contributed by atoms with van der Waals surface area (Å²) in [5.41, 5.74) is 4.01. The lowest BCUT2D eigenvalue weighted by Gasteiger charge is -2.07. The molecule has 0 spiro atoms. The largest absolute Gasteiger partial charge is 0.497 e. The van der Waals surface area contributed by atoms with Gasteiger partial charge in [0.25, 0.3) is 0 Å². The van der Waals surface area contributed by atoms with Crippen molar-refractivity contribution in [1.82, 2.24) is 14.8 Å². The lowest BCUT2D eigenvalue weighted by Crippen LogP contribution is -2.05. The fourth-order valence-corrected chi connectivity index (χ4v) is 4.93. The molecule has 146 valence electrons. The number of nitrogens with one attached hydrogen (secondary N) is 1. The van der Waals surface area contributed by atoms with E-state index in [1.165, 1.54) is 41.6 Å². The number of rotatable bonds is 8. The van der Waals surface area contributed by atoms with E-state index in [1.807, 2.05) is 37.3 Å². The number of methoxy groups -OCH3 is 1. The van der Waals surface area contributed by atoms with Gasteiger partial charge in [0.2, 0.25) is 5.13 Å². The second-order valence-corrected chi connectivity index (χ2v) is 9.02. The summed E-state index contributed by atoms with van der Waals surface area (Å²) in [6, 6.07) is 10.2. The molecule has 0 amide bonds. The number of aryl methyl sites for hydroxylation is 1. The molecule has 0 aliphatic heterocycles. The number of nitrogens with zero attached hydrogens (tertiary/aromatic N) is 3.